The third-order valence-electron chi connectivity index (χ3n) is 5.60. The molecule has 9 heteroatoms. The molecule has 9 nitrogen and oxygen atoms in total. The predicted octanol–water partition coefficient (Wildman–Crippen LogP) is 3.36. The Balaban J connectivity index is 2.06. The smallest absolute Gasteiger partial charge is 0.280 e. The molecule has 1 aromatic carbocycles. The number of nitro groups is 1. The molecular formula is C23H25N3O6. The van der Waals surface area contributed by atoms with Gasteiger partial charge in [0.05, 0.1) is 10.5 Å². The number of furan rings is 1. The highest BCUT2D eigenvalue weighted by atomic mass is 16.6. The number of nitro benzene ring substituents is 1. The monoisotopic (exact) mass is 439 g/mol. The molecule has 168 valence electrons. The molecule has 0 saturated carbocycles. The van der Waals surface area contributed by atoms with Gasteiger partial charge in [-0.3, -0.25) is 14.9 Å². The number of carbonyl (C=O) groups is 1. The summed E-state index contributed by atoms with van der Waals surface area (Å²) in [6, 6.07) is 6.40. The maximum absolute atomic E-state index is 13.0. The van der Waals surface area contributed by atoms with E-state index in [-0.39, 0.29) is 36.4 Å². The van der Waals surface area contributed by atoms with E-state index in [0.29, 0.717) is 22.7 Å². The lowest BCUT2D eigenvalue weighted by atomic mass is 9.93. The zero-order valence-corrected chi connectivity index (χ0v) is 18.1. The van der Waals surface area contributed by atoms with Crippen LogP contribution in [-0.2, 0) is 4.79 Å². The summed E-state index contributed by atoms with van der Waals surface area (Å²) in [5, 5.41) is 38.7. The third kappa shape index (κ3) is 4.25. The van der Waals surface area contributed by atoms with Crippen molar-refractivity contribution in [1.29, 1.82) is 5.41 Å². The predicted molar refractivity (Wildman–Crippen MR) is 119 cm³/mol. The van der Waals surface area contributed by atoms with Crippen molar-refractivity contribution in [2.24, 2.45) is 0 Å². The molecule has 1 aliphatic rings. The van der Waals surface area contributed by atoms with Crippen LogP contribution in [0.2, 0.25) is 0 Å². The second-order valence-corrected chi connectivity index (χ2v) is 7.64. The fraction of sp³-hybridized carbons (Fsp3) is 0.304. The summed E-state index contributed by atoms with van der Waals surface area (Å²) in [5.41, 5.74) is 2.89. The lowest BCUT2D eigenvalue weighted by molar-refractivity contribution is -0.384. The molecule has 0 radical (unpaired) electrons. The van der Waals surface area contributed by atoms with Crippen LogP contribution in [0.1, 0.15) is 30.2 Å². The minimum atomic E-state index is -1.27. The molecule has 0 bridgehead atoms. The van der Waals surface area contributed by atoms with Crippen molar-refractivity contribution in [3.05, 3.63) is 68.0 Å². The summed E-state index contributed by atoms with van der Waals surface area (Å²) < 4.78 is 5.83. The van der Waals surface area contributed by atoms with E-state index in [9.17, 15) is 20.0 Å². The minimum absolute atomic E-state index is 0.0733. The van der Waals surface area contributed by atoms with E-state index in [2.05, 4.69) is 0 Å². The van der Waals surface area contributed by atoms with Crippen LogP contribution in [0.15, 0.2) is 45.4 Å². The SMILES string of the molecule is CC1=C(C=N)C(O)N(CCCO)C(=O)/C1=C\c1ccc(-c2cc(C)c(C)cc2[N+](=O)[O-])o1. The highest BCUT2D eigenvalue weighted by Crippen LogP contribution is 2.35. The molecule has 2 aromatic rings. The number of aliphatic hydroxyl groups is 2. The Labute approximate surface area is 184 Å². The van der Waals surface area contributed by atoms with Gasteiger partial charge in [-0.25, -0.2) is 0 Å². The van der Waals surface area contributed by atoms with Crippen molar-refractivity contribution >= 4 is 23.9 Å². The lowest BCUT2D eigenvalue weighted by Crippen LogP contribution is -2.47. The van der Waals surface area contributed by atoms with Crippen molar-refractivity contribution in [3.8, 4) is 11.3 Å². The Hall–Kier alpha value is -3.56. The Morgan fingerprint density at radius 3 is 2.56 bits per heavy atom. The van der Waals surface area contributed by atoms with Gasteiger partial charge in [0.25, 0.3) is 11.6 Å². The number of nitrogens with one attached hydrogen (secondary N) is 1. The number of hydrogen-bond donors (Lipinski definition) is 3. The van der Waals surface area contributed by atoms with Crippen molar-refractivity contribution < 1.29 is 24.3 Å². The van der Waals surface area contributed by atoms with Crippen LogP contribution in [0.3, 0.4) is 0 Å². The molecule has 0 spiro atoms. The van der Waals surface area contributed by atoms with Crippen LogP contribution in [0.4, 0.5) is 5.69 Å². The van der Waals surface area contributed by atoms with E-state index in [4.69, 9.17) is 14.9 Å². The summed E-state index contributed by atoms with van der Waals surface area (Å²) in [5.74, 6) is 0.142. The molecule has 0 saturated heterocycles. The second-order valence-electron chi connectivity index (χ2n) is 7.64. The van der Waals surface area contributed by atoms with Crippen LogP contribution in [0, 0.1) is 29.4 Å². The molecule has 1 atom stereocenters. The molecular weight excluding hydrogens is 414 g/mol. The van der Waals surface area contributed by atoms with Gasteiger partial charge in [-0.2, -0.15) is 0 Å². The highest BCUT2D eigenvalue weighted by Gasteiger charge is 2.34. The van der Waals surface area contributed by atoms with Gasteiger partial charge in [-0.1, -0.05) is 0 Å². The van der Waals surface area contributed by atoms with E-state index >= 15 is 0 Å². The van der Waals surface area contributed by atoms with Gasteiger partial charge >= 0.3 is 0 Å². The topological polar surface area (TPSA) is 141 Å². The molecule has 0 fully saturated rings. The fourth-order valence-electron chi connectivity index (χ4n) is 3.63. The van der Waals surface area contributed by atoms with Crippen molar-refractivity contribution in [2.75, 3.05) is 13.2 Å². The molecule has 0 aliphatic carbocycles. The van der Waals surface area contributed by atoms with E-state index in [1.165, 1.54) is 17.0 Å². The van der Waals surface area contributed by atoms with Gasteiger partial charge in [0, 0.05) is 36.6 Å². The molecule has 2 heterocycles. The fourth-order valence-corrected chi connectivity index (χ4v) is 3.63. The summed E-state index contributed by atoms with van der Waals surface area (Å²) >= 11 is 0. The van der Waals surface area contributed by atoms with Gasteiger partial charge in [-0.15, -0.1) is 0 Å². The van der Waals surface area contributed by atoms with Gasteiger partial charge in [0.15, 0.2) is 6.23 Å². The minimum Gasteiger partial charge on any atom is -0.456 e. The summed E-state index contributed by atoms with van der Waals surface area (Å²) in [6.45, 7) is 5.26. The Kier molecular flexibility index (Phi) is 6.71. The Bertz CT molecular complexity index is 1140. The average Bonchev–Trinajstić information content (AvgIpc) is 3.21. The maximum atomic E-state index is 13.0. The lowest BCUT2D eigenvalue weighted by Gasteiger charge is -2.34. The highest BCUT2D eigenvalue weighted by molar-refractivity contribution is 6.06. The number of rotatable bonds is 7. The van der Waals surface area contributed by atoms with Gasteiger partial charge in [0.2, 0.25) is 0 Å². The summed E-state index contributed by atoms with van der Waals surface area (Å²) in [7, 11) is 0. The van der Waals surface area contributed by atoms with E-state index in [1.807, 2.05) is 6.92 Å². The quantitative estimate of drug-likeness (QED) is 0.261. The standard InChI is InChI=1S/C23H25N3O6/c1-13-9-18(20(26(30)31)10-14(13)2)21-6-5-16(32-21)11-17-15(3)19(12-24)23(29)25(22(17)28)7-4-8-27/h5-6,9-12,23-24,27,29H,4,7-8H2,1-3H3/b17-11-,24-12?. The molecule has 1 unspecified atom stereocenters. The molecule has 3 N–H and O–H groups in total. The molecule has 1 aromatic heterocycles. The first-order chi connectivity index (χ1) is 15.2. The van der Waals surface area contributed by atoms with Crippen molar-refractivity contribution in [3.63, 3.8) is 0 Å². The Morgan fingerprint density at radius 2 is 1.94 bits per heavy atom. The maximum Gasteiger partial charge on any atom is 0.280 e. The number of hydrogen-bond acceptors (Lipinski definition) is 7. The molecule has 32 heavy (non-hydrogen) atoms. The van der Waals surface area contributed by atoms with Gasteiger partial charge in [0.1, 0.15) is 11.5 Å². The molecule has 1 aliphatic heterocycles. The first kappa shape index (κ1) is 23.1. The zero-order chi connectivity index (χ0) is 23.6. The van der Waals surface area contributed by atoms with Gasteiger partial charge in [-0.05, 0) is 68.2 Å². The van der Waals surface area contributed by atoms with Crippen molar-refractivity contribution in [1.82, 2.24) is 4.90 Å². The summed E-state index contributed by atoms with van der Waals surface area (Å²) in [4.78, 5) is 25.2. The first-order valence-corrected chi connectivity index (χ1v) is 10.1. The molecule has 1 amide bonds. The number of nitrogens with zero attached hydrogens (tertiary/aromatic N) is 2. The normalized spacial score (nSPS) is 17.9. The van der Waals surface area contributed by atoms with E-state index in [1.54, 1.807) is 32.0 Å². The van der Waals surface area contributed by atoms with E-state index < -0.39 is 17.1 Å². The van der Waals surface area contributed by atoms with Crippen LogP contribution in [-0.4, -0.2) is 51.5 Å². The second kappa shape index (κ2) is 9.29. The number of aryl methyl sites for hydroxylation is 2. The van der Waals surface area contributed by atoms with E-state index in [0.717, 1.165) is 17.3 Å². The van der Waals surface area contributed by atoms with Crippen molar-refractivity contribution in [2.45, 2.75) is 33.4 Å². The Morgan fingerprint density at radius 1 is 1.25 bits per heavy atom. The number of carbonyl (C=O) groups excluding carboxylic acids is 1. The number of amides is 1. The van der Waals surface area contributed by atoms with Crippen LogP contribution in [0.25, 0.3) is 17.4 Å². The zero-order valence-electron chi connectivity index (χ0n) is 18.1. The number of benzene rings is 1. The third-order valence-corrected chi connectivity index (χ3v) is 5.60. The van der Waals surface area contributed by atoms with Crippen LogP contribution < -0.4 is 0 Å². The first-order valence-electron chi connectivity index (χ1n) is 10.1. The average molecular weight is 439 g/mol. The largest absolute Gasteiger partial charge is 0.456 e. The summed E-state index contributed by atoms with van der Waals surface area (Å²) in [6.07, 6.45) is 1.50. The molecule has 3 rings (SSSR count). The number of aliphatic hydroxyl groups excluding tert-OH is 2. The van der Waals surface area contributed by atoms with Crippen LogP contribution in [0.5, 0.6) is 0 Å². The van der Waals surface area contributed by atoms with Crippen LogP contribution >= 0.6 is 0 Å². The van der Waals surface area contributed by atoms with Gasteiger partial charge < -0.3 is 24.9 Å².